The summed E-state index contributed by atoms with van der Waals surface area (Å²) in [5, 5.41) is 3.36. The number of ether oxygens (including phenoxy) is 1. The van der Waals surface area contributed by atoms with E-state index in [4.69, 9.17) is 4.74 Å². The van der Waals surface area contributed by atoms with Crippen LogP contribution < -0.4 is 10.1 Å². The largest absolute Gasteiger partial charge is 0.496 e. The first-order chi connectivity index (χ1) is 8.67. The Hall–Kier alpha value is -1.39. The van der Waals surface area contributed by atoms with E-state index >= 15 is 0 Å². The number of aromatic nitrogens is 1. The van der Waals surface area contributed by atoms with Crippen LogP contribution in [-0.4, -0.2) is 19.1 Å². The molecule has 0 aliphatic carbocycles. The first kappa shape index (κ1) is 13.1. The van der Waals surface area contributed by atoms with Gasteiger partial charge < -0.3 is 10.1 Å². The standard InChI is InChI=1S/C14H18N2OS/c1-9-6-12(17-4)10(2)5-11(9)14(15-3)13-7-16-8-18-13/h5-8,14-15H,1-4H3. The summed E-state index contributed by atoms with van der Waals surface area (Å²) in [5.74, 6) is 0.940. The van der Waals surface area contributed by atoms with Gasteiger partial charge in [-0.15, -0.1) is 11.3 Å². The fourth-order valence-electron chi connectivity index (χ4n) is 2.16. The summed E-state index contributed by atoms with van der Waals surface area (Å²) in [6.07, 6.45) is 1.92. The Labute approximate surface area is 112 Å². The predicted molar refractivity (Wildman–Crippen MR) is 75.5 cm³/mol. The lowest BCUT2D eigenvalue weighted by Crippen LogP contribution is -2.18. The fourth-order valence-corrected chi connectivity index (χ4v) is 2.91. The van der Waals surface area contributed by atoms with Crippen LogP contribution in [0.1, 0.15) is 27.6 Å². The maximum Gasteiger partial charge on any atom is 0.122 e. The molecule has 2 aromatic rings. The summed E-state index contributed by atoms with van der Waals surface area (Å²) in [5.41, 5.74) is 5.53. The highest BCUT2D eigenvalue weighted by Gasteiger charge is 2.17. The summed E-state index contributed by atoms with van der Waals surface area (Å²) < 4.78 is 5.35. The summed E-state index contributed by atoms with van der Waals surface area (Å²) in [7, 11) is 3.68. The Morgan fingerprint density at radius 1 is 1.28 bits per heavy atom. The van der Waals surface area contributed by atoms with E-state index in [9.17, 15) is 0 Å². The molecule has 2 rings (SSSR count). The lowest BCUT2D eigenvalue weighted by Gasteiger charge is -2.19. The van der Waals surface area contributed by atoms with E-state index in [1.54, 1.807) is 18.4 Å². The predicted octanol–water partition coefficient (Wildman–Crippen LogP) is 3.08. The minimum Gasteiger partial charge on any atom is -0.496 e. The SMILES string of the molecule is CNC(c1cncs1)c1cc(C)c(OC)cc1C. The third kappa shape index (κ3) is 2.40. The second-order valence-corrected chi connectivity index (χ2v) is 5.22. The molecule has 0 radical (unpaired) electrons. The molecule has 0 aliphatic heterocycles. The molecule has 0 aliphatic rings. The molecule has 0 fully saturated rings. The van der Waals surface area contributed by atoms with Crippen LogP contribution in [0.5, 0.6) is 5.75 Å². The number of benzene rings is 1. The average Bonchev–Trinajstić information content (AvgIpc) is 2.87. The number of thiazole rings is 1. The van der Waals surface area contributed by atoms with Gasteiger partial charge >= 0.3 is 0 Å². The minimum absolute atomic E-state index is 0.196. The zero-order chi connectivity index (χ0) is 13.1. The summed E-state index contributed by atoms with van der Waals surface area (Å²) in [6.45, 7) is 4.18. The van der Waals surface area contributed by atoms with Gasteiger partial charge in [0.15, 0.2) is 0 Å². The molecule has 0 amide bonds. The van der Waals surface area contributed by atoms with Crippen LogP contribution in [0, 0.1) is 13.8 Å². The van der Waals surface area contributed by atoms with Gasteiger partial charge in [-0.25, -0.2) is 0 Å². The Balaban J connectivity index is 2.46. The molecule has 4 heteroatoms. The van der Waals surface area contributed by atoms with Gasteiger partial charge in [-0.2, -0.15) is 0 Å². The molecule has 1 atom stereocenters. The lowest BCUT2D eigenvalue weighted by atomic mass is 9.97. The Morgan fingerprint density at radius 3 is 2.61 bits per heavy atom. The highest BCUT2D eigenvalue weighted by atomic mass is 32.1. The summed E-state index contributed by atoms with van der Waals surface area (Å²) in [4.78, 5) is 5.38. The number of methoxy groups -OCH3 is 1. The van der Waals surface area contributed by atoms with E-state index in [1.807, 2.05) is 18.8 Å². The molecule has 0 bridgehead atoms. The van der Waals surface area contributed by atoms with Crippen molar-refractivity contribution in [2.45, 2.75) is 19.9 Å². The maximum atomic E-state index is 5.35. The van der Waals surface area contributed by atoms with Gasteiger partial charge in [-0.05, 0) is 43.7 Å². The molecule has 1 N–H and O–H groups in total. The van der Waals surface area contributed by atoms with E-state index in [0.29, 0.717) is 0 Å². The smallest absolute Gasteiger partial charge is 0.122 e. The molecule has 1 aromatic heterocycles. The zero-order valence-electron chi connectivity index (χ0n) is 11.2. The van der Waals surface area contributed by atoms with Gasteiger partial charge in [-0.3, -0.25) is 4.98 Å². The first-order valence-electron chi connectivity index (χ1n) is 5.88. The molecule has 0 spiro atoms. The van der Waals surface area contributed by atoms with Gasteiger partial charge in [0.05, 0.1) is 18.7 Å². The van der Waals surface area contributed by atoms with Gasteiger partial charge in [0.2, 0.25) is 0 Å². The number of aryl methyl sites for hydroxylation is 2. The van der Waals surface area contributed by atoms with Crippen LogP contribution in [0.3, 0.4) is 0 Å². The molecular weight excluding hydrogens is 244 g/mol. The van der Waals surface area contributed by atoms with Crippen LogP contribution in [0.2, 0.25) is 0 Å². The van der Waals surface area contributed by atoms with Crippen LogP contribution in [0.15, 0.2) is 23.8 Å². The van der Waals surface area contributed by atoms with Crippen molar-refractivity contribution >= 4 is 11.3 Å². The fraction of sp³-hybridized carbons (Fsp3) is 0.357. The van der Waals surface area contributed by atoms with Crippen LogP contribution in [-0.2, 0) is 0 Å². The van der Waals surface area contributed by atoms with Crippen molar-refractivity contribution in [3.05, 3.63) is 45.4 Å². The molecule has 0 saturated heterocycles. The number of nitrogens with one attached hydrogen (secondary N) is 1. The van der Waals surface area contributed by atoms with Crippen molar-refractivity contribution < 1.29 is 4.74 Å². The van der Waals surface area contributed by atoms with Crippen LogP contribution in [0.4, 0.5) is 0 Å². The highest BCUT2D eigenvalue weighted by Crippen LogP contribution is 2.31. The average molecular weight is 262 g/mol. The van der Waals surface area contributed by atoms with E-state index in [0.717, 1.165) is 11.3 Å². The number of hydrogen-bond acceptors (Lipinski definition) is 4. The topological polar surface area (TPSA) is 34.2 Å². The third-order valence-corrected chi connectivity index (χ3v) is 3.96. The second-order valence-electron chi connectivity index (χ2n) is 4.30. The van der Waals surface area contributed by atoms with E-state index in [1.165, 1.54) is 16.0 Å². The molecule has 18 heavy (non-hydrogen) atoms. The molecule has 1 aromatic carbocycles. The number of nitrogens with zero attached hydrogens (tertiary/aromatic N) is 1. The normalized spacial score (nSPS) is 12.4. The first-order valence-corrected chi connectivity index (χ1v) is 6.76. The van der Waals surface area contributed by atoms with E-state index in [2.05, 4.69) is 36.3 Å². The third-order valence-electron chi connectivity index (χ3n) is 3.12. The lowest BCUT2D eigenvalue weighted by molar-refractivity contribution is 0.411. The van der Waals surface area contributed by atoms with Crippen molar-refractivity contribution in [3.8, 4) is 5.75 Å². The van der Waals surface area contributed by atoms with Gasteiger partial charge in [0.1, 0.15) is 5.75 Å². The molecule has 0 saturated carbocycles. The molecular formula is C14H18N2OS. The van der Waals surface area contributed by atoms with Crippen molar-refractivity contribution in [2.24, 2.45) is 0 Å². The summed E-state index contributed by atoms with van der Waals surface area (Å²) in [6, 6.07) is 4.48. The molecule has 1 heterocycles. The van der Waals surface area contributed by atoms with Crippen molar-refractivity contribution in [1.29, 1.82) is 0 Å². The molecule has 3 nitrogen and oxygen atoms in total. The van der Waals surface area contributed by atoms with Crippen LogP contribution >= 0.6 is 11.3 Å². The van der Waals surface area contributed by atoms with Gasteiger partial charge in [-0.1, -0.05) is 6.07 Å². The Bertz CT molecular complexity index is 523. The quantitative estimate of drug-likeness (QED) is 0.919. The monoisotopic (exact) mass is 262 g/mol. The molecule has 96 valence electrons. The maximum absolute atomic E-state index is 5.35. The summed E-state index contributed by atoms with van der Waals surface area (Å²) >= 11 is 1.67. The van der Waals surface area contributed by atoms with Gasteiger partial charge in [0, 0.05) is 11.1 Å². The van der Waals surface area contributed by atoms with Crippen molar-refractivity contribution in [1.82, 2.24) is 10.3 Å². The second kappa shape index (κ2) is 5.50. The zero-order valence-corrected chi connectivity index (χ0v) is 12.0. The Kier molecular flexibility index (Phi) is 3.99. The molecule has 1 unspecified atom stereocenters. The highest BCUT2D eigenvalue weighted by molar-refractivity contribution is 7.09. The van der Waals surface area contributed by atoms with E-state index in [-0.39, 0.29) is 6.04 Å². The van der Waals surface area contributed by atoms with Gasteiger partial charge in [0.25, 0.3) is 0 Å². The number of rotatable bonds is 4. The van der Waals surface area contributed by atoms with Crippen molar-refractivity contribution in [2.75, 3.05) is 14.2 Å². The Morgan fingerprint density at radius 2 is 2.06 bits per heavy atom. The van der Waals surface area contributed by atoms with Crippen LogP contribution in [0.25, 0.3) is 0 Å². The van der Waals surface area contributed by atoms with E-state index < -0.39 is 0 Å². The number of hydrogen-bond donors (Lipinski definition) is 1. The van der Waals surface area contributed by atoms with Crippen molar-refractivity contribution in [3.63, 3.8) is 0 Å². The minimum atomic E-state index is 0.196.